The molecule has 0 atom stereocenters. The molecule has 0 spiro atoms. The standard InChI is InChI=1S/C18H23N5O3S/c1-13-11-14(2)23(20-13)12-18(24)19-15-6-8-16(9-7-15)27(25,26)21-17-5-4-10-22(17)3/h6-9,11H,4-5,10,12H2,1-3H3,(H,19,24)/b21-17+. The predicted octanol–water partition coefficient (Wildman–Crippen LogP) is 1.95. The molecule has 1 aliphatic rings. The van der Waals surface area contributed by atoms with Gasteiger partial charge in [0.2, 0.25) is 5.91 Å². The van der Waals surface area contributed by atoms with Gasteiger partial charge in [0.1, 0.15) is 12.4 Å². The molecule has 0 unspecified atom stereocenters. The second-order valence-electron chi connectivity index (χ2n) is 6.66. The molecule has 2 heterocycles. The number of benzene rings is 1. The zero-order valence-corrected chi connectivity index (χ0v) is 16.5. The molecule has 0 saturated carbocycles. The average Bonchev–Trinajstić information content (AvgIpc) is 3.12. The van der Waals surface area contributed by atoms with Crippen molar-refractivity contribution >= 4 is 27.5 Å². The Hall–Kier alpha value is -2.68. The van der Waals surface area contributed by atoms with E-state index in [2.05, 4.69) is 14.8 Å². The maximum atomic E-state index is 12.4. The molecule has 1 aromatic heterocycles. The lowest BCUT2D eigenvalue weighted by molar-refractivity contribution is -0.116. The van der Waals surface area contributed by atoms with Crippen molar-refractivity contribution in [2.75, 3.05) is 18.9 Å². The van der Waals surface area contributed by atoms with Gasteiger partial charge in [-0.25, -0.2) is 0 Å². The first-order valence-electron chi connectivity index (χ1n) is 8.70. The quantitative estimate of drug-likeness (QED) is 0.843. The van der Waals surface area contributed by atoms with Crippen LogP contribution < -0.4 is 5.32 Å². The van der Waals surface area contributed by atoms with Crippen molar-refractivity contribution in [1.82, 2.24) is 14.7 Å². The minimum Gasteiger partial charge on any atom is -0.362 e. The second-order valence-corrected chi connectivity index (χ2v) is 8.27. The number of hydrogen-bond acceptors (Lipinski definition) is 4. The van der Waals surface area contributed by atoms with Gasteiger partial charge in [0.15, 0.2) is 0 Å². The molecule has 1 saturated heterocycles. The highest BCUT2D eigenvalue weighted by molar-refractivity contribution is 7.90. The number of aryl methyl sites for hydroxylation is 2. The Morgan fingerprint density at radius 2 is 1.96 bits per heavy atom. The fourth-order valence-electron chi connectivity index (χ4n) is 2.98. The topological polar surface area (TPSA) is 96.7 Å². The largest absolute Gasteiger partial charge is 0.362 e. The number of rotatable bonds is 5. The third-order valence-corrected chi connectivity index (χ3v) is 5.71. The molecule has 1 amide bonds. The van der Waals surface area contributed by atoms with E-state index in [0.29, 0.717) is 17.9 Å². The summed E-state index contributed by atoms with van der Waals surface area (Å²) in [5.41, 5.74) is 2.27. The Labute approximate surface area is 159 Å². The lowest BCUT2D eigenvalue weighted by Gasteiger charge is -2.11. The number of sulfonamides is 1. The van der Waals surface area contributed by atoms with Gasteiger partial charge in [0.05, 0.1) is 10.6 Å². The first-order chi connectivity index (χ1) is 12.7. The van der Waals surface area contributed by atoms with E-state index in [1.54, 1.807) is 16.8 Å². The summed E-state index contributed by atoms with van der Waals surface area (Å²) in [5, 5.41) is 7.00. The summed E-state index contributed by atoms with van der Waals surface area (Å²) in [4.78, 5) is 14.1. The number of carbonyl (C=O) groups excluding carboxylic acids is 1. The van der Waals surface area contributed by atoms with E-state index in [1.807, 2.05) is 31.9 Å². The Morgan fingerprint density at radius 3 is 2.52 bits per heavy atom. The first-order valence-corrected chi connectivity index (χ1v) is 10.1. The molecule has 144 valence electrons. The average molecular weight is 389 g/mol. The van der Waals surface area contributed by atoms with Crippen molar-refractivity contribution in [3.8, 4) is 0 Å². The molecule has 8 nitrogen and oxygen atoms in total. The number of nitrogens with one attached hydrogen (secondary N) is 1. The molecule has 2 aromatic rings. The lowest BCUT2D eigenvalue weighted by atomic mass is 10.3. The fraction of sp³-hybridized carbons (Fsp3) is 0.389. The summed E-state index contributed by atoms with van der Waals surface area (Å²) in [6.07, 6.45) is 1.57. The number of aromatic nitrogens is 2. The van der Waals surface area contributed by atoms with Crippen molar-refractivity contribution in [2.24, 2.45) is 4.40 Å². The summed E-state index contributed by atoms with van der Waals surface area (Å²) in [6, 6.07) is 7.92. The van der Waals surface area contributed by atoms with E-state index in [-0.39, 0.29) is 17.3 Å². The molecular weight excluding hydrogens is 366 g/mol. The zero-order chi connectivity index (χ0) is 19.6. The molecule has 1 N–H and O–H groups in total. The minimum atomic E-state index is -3.75. The molecule has 1 aromatic carbocycles. The summed E-state index contributed by atoms with van der Waals surface area (Å²) < 4.78 is 30.4. The molecule has 0 bridgehead atoms. The third-order valence-electron chi connectivity index (χ3n) is 4.39. The van der Waals surface area contributed by atoms with Gasteiger partial charge in [0.25, 0.3) is 10.0 Å². The van der Waals surface area contributed by atoms with Crippen LogP contribution >= 0.6 is 0 Å². The van der Waals surface area contributed by atoms with E-state index >= 15 is 0 Å². The first kappa shape index (κ1) is 19.1. The minimum absolute atomic E-state index is 0.0969. The number of amidine groups is 1. The van der Waals surface area contributed by atoms with Gasteiger partial charge in [0, 0.05) is 31.4 Å². The van der Waals surface area contributed by atoms with Crippen LogP contribution in [0.4, 0.5) is 5.69 Å². The van der Waals surface area contributed by atoms with Gasteiger partial charge in [-0.05, 0) is 50.6 Å². The normalized spacial score (nSPS) is 16.1. The van der Waals surface area contributed by atoms with Crippen LogP contribution in [0.25, 0.3) is 0 Å². The Kier molecular flexibility index (Phi) is 5.31. The lowest BCUT2D eigenvalue weighted by Crippen LogP contribution is -2.21. The van der Waals surface area contributed by atoms with Crippen molar-refractivity contribution in [3.63, 3.8) is 0 Å². The number of amides is 1. The van der Waals surface area contributed by atoms with Crippen LogP contribution in [0, 0.1) is 13.8 Å². The van der Waals surface area contributed by atoms with Crippen molar-refractivity contribution in [1.29, 1.82) is 0 Å². The predicted molar refractivity (Wildman–Crippen MR) is 103 cm³/mol. The van der Waals surface area contributed by atoms with Crippen LogP contribution in [-0.2, 0) is 21.4 Å². The number of nitrogens with zero attached hydrogens (tertiary/aromatic N) is 4. The van der Waals surface area contributed by atoms with Gasteiger partial charge in [-0.1, -0.05) is 0 Å². The maximum Gasteiger partial charge on any atom is 0.283 e. The Balaban J connectivity index is 1.68. The monoisotopic (exact) mass is 389 g/mol. The second kappa shape index (κ2) is 7.51. The fourth-order valence-corrected chi connectivity index (χ4v) is 4.08. The highest BCUT2D eigenvalue weighted by atomic mass is 32.2. The molecule has 9 heteroatoms. The van der Waals surface area contributed by atoms with Crippen molar-refractivity contribution in [2.45, 2.75) is 38.1 Å². The van der Waals surface area contributed by atoms with Crippen LogP contribution in [0.1, 0.15) is 24.2 Å². The maximum absolute atomic E-state index is 12.4. The van der Waals surface area contributed by atoms with Gasteiger partial charge in [-0.2, -0.15) is 13.5 Å². The van der Waals surface area contributed by atoms with Crippen LogP contribution in [0.15, 0.2) is 39.6 Å². The number of hydrogen-bond donors (Lipinski definition) is 1. The SMILES string of the molecule is Cc1cc(C)n(CC(=O)Nc2ccc(S(=O)(=O)/N=C3\CCCN3C)cc2)n1. The van der Waals surface area contributed by atoms with Crippen LogP contribution in [-0.4, -0.2) is 48.4 Å². The van der Waals surface area contributed by atoms with Crippen molar-refractivity contribution < 1.29 is 13.2 Å². The van der Waals surface area contributed by atoms with E-state index in [4.69, 9.17) is 0 Å². The Bertz CT molecular complexity index is 977. The molecule has 0 aliphatic carbocycles. The summed E-state index contributed by atoms with van der Waals surface area (Å²) in [5.74, 6) is 0.349. The molecule has 0 radical (unpaired) electrons. The van der Waals surface area contributed by atoms with Crippen molar-refractivity contribution in [3.05, 3.63) is 41.7 Å². The van der Waals surface area contributed by atoms with E-state index < -0.39 is 10.0 Å². The van der Waals surface area contributed by atoms with Crippen LogP contribution in [0.3, 0.4) is 0 Å². The summed E-state index contributed by atoms with van der Waals surface area (Å²) >= 11 is 0. The van der Waals surface area contributed by atoms with Gasteiger partial charge in [-0.15, -0.1) is 4.40 Å². The number of carbonyl (C=O) groups is 1. The third kappa shape index (κ3) is 4.54. The van der Waals surface area contributed by atoms with E-state index in [1.165, 1.54) is 12.1 Å². The summed E-state index contributed by atoms with van der Waals surface area (Å²) in [7, 11) is -1.92. The molecule has 27 heavy (non-hydrogen) atoms. The van der Waals surface area contributed by atoms with Crippen LogP contribution in [0.5, 0.6) is 0 Å². The number of likely N-dealkylation sites (tertiary alicyclic amines) is 1. The molecular formula is C18H23N5O3S. The smallest absolute Gasteiger partial charge is 0.283 e. The highest BCUT2D eigenvalue weighted by Crippen LogP contribution is 2.19. The zero-order valence-electron chi connectivity index (χ0n) is 15.6. The van der Waals surface area contributed by atoms with Gasteiger partial charge >= 0.3 is 0 Å². The molecule has 1 aliphatic heterocycles. The van der Waals surface area contributed by atoms with Gasteiger partial charge < -0.3 is 10.2 Å². The molecule has 1 fully saturated rings. The Morgan fingerprint density at radius 1 is 1.26 bits per heavy atom. The summed E-state index contributed by atoms with van der Waals surface area (Å²) in [6.45, 7) is 4.66. The van der Waals surface area contributed by atoms with E-state index in [9.17, 15) is 13.2 Å². The highest BCUT2D eigenvalue weighted by Gasteiger charge is 2.20. The van der Waals surface area contributed by atoms with E-state index in [0.717, 1.165) is 24.4 Å². The number of anilines is 1. The molecule has 3 rings (SSSR count). The van der Waals surface area contributed by atoms with Crippen LogP contribution in [0.2, 0.25) is 0 Å². The van der Waals surface area contributed by atoms with Gasteiger partial charge in [-0.3, -0.25) is 9.48 Å².